The van der Waals surface area contributed by atoms with Crippen LogP contribution in [0.5, 0.6) is 0 Å². The van der Waals surface area contributed by atoms with Gasteiger partial charge in [-0.2, -0.15) is 0 Å². The van der Waals surface area contributed by atoms with E-state index < -0.39 is 0 Å². The second-order valence-electron chi connectivity index (χ2n) is 5.69. The Morgan fingerprint density at radius 1 is 1.42 bits per heavy atom. The quantitative estimate of drug-likeness (QED) is 0.769. The van der Waals surface area contributed by atoms with Gasteiger partial charge >= 0.3 is 0 Å². The van der Waals surface area contributed by atoms with Gasteiger partial charge in [0.2, 0.25) is 5.95 Å². The van der Waals surface area contributed by atoms with E-state index in [1.54, 1.807) is 0 Å². The molecule has 1 aliphatic heterocycles. The van der Waals surface area contributed by atoms with Crippen molar-refractivity contribution in [2.75, 3.05) is 31.5 Å². The molecule has 0 spiro atoms. The first kappa shape index (κ1) is 14.4. The van der Waals surface area contributed by atoms with E-state index in [0.717, 1.165) is 30.6 Å². The van der Waals surface area contributed by atoms with Gasteiger partial charge in [0.15, 0.2) is 0 Å². The van der Waals surface area contributed by atoms with Crippen LogP contribution in [0.2, 0.25) is 0 Å². The third-order valence-corrected chi connectivity index (χ3v) is 3.98. The van der Waals surface area contributed by atoms with Gasteiger partial charge in [-0.15, -0.1) is 0 Å². The van der Waals surface area contributed by atoms with Gasteiger partial charge in [0, 0.05) is 25.8 Å². The van der Waals surface area contributed by atoms with Crippen molar-refractivity contribution in [3.63, 3.8) is 0 Å². The minimum absolute atomic E-state index is 0.778. The molecule has 0 radical (unpaired) electrons. The van der Waals surface area contributed by atoms with Crippen molar-refractivity contribution in [1.82, 2.24) is 14.5 Å². The summed E-state index contributed by atoms with van der Waals surface area (Å²) >= 11 is 0. The average molecular weight is 264 g/mol. The van der Waals surface area contributed by atoms with Gasteiger partial charge in [0.25, 0.3) is 0 Å². The highest BCUT2D eigenvalue weighted by Gasteiger charge is 2.22. The number of anilines is 1. The lowest BCUT2D eigenvalue weighted by Gasteiger charge is -2.15. The summed E-state index contributed by atoms with van der Waals surface area (Å²) in [6.07, 6.45) is 5.93. The minimum Gasteiger partial charge on any atom is -0.356 e. The van der Waals surface area contributed by atoms with E-state index in [2.05, 4.69) is 46.7 Å². The van der Waals surface area contributed by atoms with E-state index in [1.807, 2.05) is 0 Å². The molecular weight excluding hydrogens is 236 g/mol. The highest BCUT2D eigenvalue weighted by molar-refractivity contribution is 5.28. The third kappa shape index (κ3) is 3.96. The molecule has 1 aliphatic rings. The van der Waals surface area contributed by atoms with E-state index in [1.165, 1.54) is 38.9 Å². The standard InChI is InChI=1S/C15H28N4/c1-4-6-8-16-15-17-13(3)10-19(15)12-14-7-9-18(5-2)11-14/h10,14H,4-9,11-12H2,1-3H3,(H,16,17). The highest BCUT2D eigenvalue weighted by Crippen LogP contribution is 2.20. The minimum atomic E-state index is 0.778. The third-order valence-electron chi connectivity index (χ3n) is 3.98. The maximum absolute atomic E-state index is 4.60. The molecule has 2 rings (SSSR count). The molecule has 0 amide bonds. The second kappa shape index (κ2) is 6.94. The lowest BCUT2D eigenvalue weighted by molar-refractivity contribution is 0.333. The van der Waals surface area contributed by atoms with Crippen molar-refractivity contribution in [1.29, 1.82) is 0 Å². The summed E-state index contributed by atoms with van der Waals surface area (Å²) in [4.78, 5) is 7.14. The molecule has 0 aromatic carbocycles. The number of nitrogens with zero attached hydrogens (tertiary/aromatic N) is 3. The van der Waals surface area contributed by atoms with Crippen molar-refractivity contribution >= 4 is 5.95 Å². The van der Waals surface area contributed by atoms with Crippen LogP contribution in [0, 0.1) is 12.8 Å². The Morgan fingerprint density at radius 2 is 2.26 bits per heavy atom. The van der Waals surface area contributed by atoms with Gasteiger partial charge in [-0.3, -0.25) is 0 Å². The van der Waals surface area contributed by atoms with E-state index in [4.69, 9.17) is 0 Å². The fourth-order valence-electron chi connectivity index (χ4n) is 2.83. The number of aromatic nitrogens is 2. The Bertz CT molecular complexity index is 385. The molecule has 0 bridgehead atoms. The van der Waals surface area contributed by atoms with Crippen LogP contribution < -0.4 is 5.32 Å². The lowest BCUT2D eigenvalue weighted by atomic mass is 10.1. The van der Waals surface area contributed by atoms with Gasteiger partial charge < -0.3 is 14.8 Å². The predicted molar refractivity (Wildman–Crippen MR) is 80.6 cm³/mol. The Balaban J connectivity index is 1.92. The second-order valence-corrected chi connectivity index (χ2v) is 5.69. The van der Waals surface area contributed by atoms with Crippen molar-refractivity contribution in [3.8, 4) is 0 Å². The van der Waals surface area contributed by atoms with Crippen LogP contribution in [0.25, 0.3) is 0 Å². The summed E-state index contributed by atoms with van der Waals surface area (Å²) < 4.78 is 2.31. The first-order chi connectivity index (χ1) is 9.22. The van der Waals surface area contributed by atoms with Crippen LogP contribution in [0.15, 0.2) is 6.20 Å². The van der Waals surface area contributed by atoms with Crippen molar-refractivity contribution in [2.45, 2.75) is 46.6 Å². The summed E-state index contributed by atoms with van der Waals surface area (Å²) in [5.41, 5.74) is 1.12. The summed E-state index contributed by atoms with van der Waals surface area (Å²) in [6.45, 7) is 12.4. The van der Waals surface area contributed by atoms with E-state index in [0.29, 0.717) is 0 Å². The molecule has 1 N–H and O–H groups in total. The smallest absolute Gasteiger partial charge is 0.203 e. The molecule has 1 aromatic heterocycles. The maximum atomic E-state index is 4.60. The summed E-state index contributed by atoms with van der Waals surface area (Å²) in [5.74, 6) is 1.83. The van der Waals surface area contributed by atoms with Crippen molar-refractivity contribution < 1.29 is 0 Å². The molecule has 1 unspecified atom stereocenters. The number of nitrogens with one attached hydrogen (secondary N) is 1. The first-order valence-electron chi connectivity index (χ1n) is 7.73. The van der Waals surface area contributed by atoms with Crippen LogP contribution >= 0.6 is 0 Å². The molecule has 19 heavy (non-hydrogen) atoms. The van der Waals surface area contributed by atoms with Crippen molar-refractivity contribution in [2.24, 2.45) is 5.92 Å². The fraction of sp³-hybridized carbons (Fsp3) is 0.800. The Kier molecular flexibility index (Phi) is 5.25. The van der Waals surface area contributed by atoms with Gasteiger partial charge in [-0.25, -0.2) is 4.98 Å². The maximum Gasteiger partial charge on any atom is 0.203 e. The topological polar surface area (TPSA) is 33.1 Å². The van der Waals surface area contributed by atoms with Gasteiger partial charge in [-0.05, 0) is 38.8 Å². The Labute approximate surface area is 117 Å². The molecule has 2 heterocycles. The Hall–Kier alpha value is -1.03. The zero-order valence-corrected chi connectivity index (χ0v) is 12.7. The molecule has 1 aromatic rings. The number of unbranched alkanes of at least 4 members (excludes halogenated alkanes) is 1. The fourth-order valence-corrected chi connectivity index (χ4v) is 2.83. The van der Waals surface area contributed by atoms with Gasteiger partial charge in [0.05, 0.1) is 5.69 Å². The molecular formula is C15H28N4. The molecule has 4 heteroatoms. The molecule has 0 saturated carbocycles. The molecule has 108 valence electrons. The monoisotopic (exact) mass is 264 g/mol. The van der Waals surface area contributed by atoms with E-state index >= 15 is 0 Å². The zero-order valence-electron chi connectivity index (χ0n) is 12.7. The normalized spacial score (nSPS) is 20.1. The van der Waals surface area contributed by atoms with E-state index in [9.17, 15) is 0 Å². The number of imidazole rings is 1. The van der Waals surface area contributed by atoms with Crippen molar-refractivity contribution in [3.05, 3.63) is 11.9 Å². The number of hydrogen-bond donors (Lipinski definition) is 1. The molecule has 4 nitrogen and oxygen atoms in total. The van der Waals surface area contributed by atoms with Gasteiger partial charge in [0.1, 0.15) is 0 Å². The van der Waals surface area contributed by atoms with Crippen LogP contribution in [0.4, 0.5) is 5.95 Å². The first-order valence-corrected chi connectivity index (χ1v) is 7.73. The predicted octanol–water partition coefficient (Wildman–Crippen LogP) is 2.75. The molecule has 1 fully saturated rings. The van der Waals surface area contributed by atoms with Gasteiger partial charge in [-0.1, -0.05) is 20.3 Å². The summed E-state index contributed by atoms with van der Waals surface area (Å²) in [6, 6.07) is 0. The van der Waals surface area contributed by atoms with E-state index in [-0.39, 0.29) is 0 Å². The number of likely N-dealkylation sites (tertiary alicyclic amines) is 1. The van der Waals surface area contributed by atoms with Crippen LogP contribution in [0.1, 0.15) is 38.8 Å². The Morgan fingerprint density at radius 3 is 2.95 bits per heavy atom. The SMILES string of the molecule is CCCCNc1nc(C)cn1CC1CCN(CC)C1. The largest absolute Gasteiger partial charge is 0.356 e. The summed E-state index contributed by atoms with van der Waals surface area (Å²) in [5, 5.41) is 3.47. The van der Waals surface area contributed by atoms with Crippen LogP contribution in [-0.2, 0) is 6.54 Å². The number of rotatable bonds is 7. The number of aryl methyl sites for hydroxylation is 1. The molecule has 1 saturated heterocycles. The van der Waals surface area contributed by atoms with Crippen LogP contribution in [-0.4, -0.2) is 40.6 Å². The molecule has 1 atom stereocenters. The highest BCUT2D eigenvalue weighted by atomic mass is 15.2. The molecule has 0 aliphatic carbocycles. The zero-order chi connectivity index (χ0) is 13.7. The lowest BCUT2D eigenvalue weighted by Crippen LogP contribution is -2.21. The number of hydrogen-bond acceptors (Lipinski definition) is 3. The average Bonchev–Trinajstić information content (AvgIpc) is 2.97. The summed E-state index contributed by atoms with van der Waals surface area (Å²) in [7, 11) is 0. The van der Waals surface area contributed by atoms with Crippen LogP contribution in [0.3, 0.4) is 0 Å².